The fourth-order valence-electron chi connectivity index (χ4n) is 3.62. The van der Waals surface area contributed by atoms with Gasteiger partial charge in [0.2, 0.25) is 0 Å². The number of hydrogen-bond donors (Lipinski definition) is 1. The minimum Gasteiger partial charge on any atom is -0.359 e. The van der Waals surface area contributed by atoms with E-state index in [1.165, 1.54) is 18.4 Å². The first-order valence-electron chi connectivity index (χ1n) is 9.77. The molecule has 2 aromatic rings. The van der Waals surface area contributed by atoms with Gasteiger partial charge >= 0.3 is 6.03 Å². The van der Waals surface area contributed by atoms with Gasteiger partial charge in [-0.25, -0.2) is 4.79 Å². The molecule has 6 nitrogen and oxygen atoms in total. The molecule has 6 heteroatoms. The number of urea groups is 1. The van der Waals surface area contributed by atoms with Crippen LogP contribution in [0.5, 0.6) is 0 Å². The number of nitrogens with one attached hydrogen (secondary N) is 1. The molecule has 1 N–H and O–H groups in total. The number of piperidine rings is 1. The summed E-state index contributed by atoms with van der Waals surface area (Å²) >= 11 is 0. The van der Waals surface area contributed by atoms with Crippen LogP contribution in [0.25, 0.3) is 0 Å². The van der Waals surface area contributed by atoms with Crippen LogP contribution >= 0.6 is 0 Å². The van der Waals surface area contributed by atoms with Crippen LogP contribution in [0.2, 0.25) is 0 Å². The number of aryl methyl sites for hydroxylation is 1. The van der Waals surface area contributed by atoms with Crippen LogP contribution in [0, 0.1) is 12.8 Å². The molecule has 0 bridgehead atoms. The predicted molar refractivity (Wildman–Crippen MR) is 105 cm³/mol. The maximum atomic E-state index is 12.3. The lowest BCUT2D eigenvalue weighted by molar-refractivity contribution is 0.167. The highest BCUT2D eigenvalue weighted by molar-refractivity contribution is 5.73. The Kier molecular flexibility index (Phi) is 6.87. The second kappa shape index (κ2) is 9.55. The molecular weight excluding hydrogens is 340 g/mol. The van der Waals surface area contributed by atoms with Crippen molar-refractivity contribution < 1.29 is 9.32 Å². The molecule has 2 heterocycles. The average molecular weight is 370 g/mol. The lowest BCUT2D eigenvalue weighted by Crippen LogP contribution is -2.44. The summed E-state index contributed by atoms with van der Waals surface area (Å²) in [5.41, 5.74) is 2.22. The van der Waals surface area contributed by atoms with Crippen molar-refractivity contribution in [3.05, 3.63) is 53.4 Å². The van der Waals surface area contributed by atoms with Crippen molar-refractivity contribution >= 4 is 6.03 Å². The highest BCUT2D eigenvalue weighted by Crippen LogP contribution is 2.16. The van der Waals surface area contributed by atoms with Crippen LogP contribution in [0.1, 0.15) is 29.9 Å². The number of hydrogen-bond acceptors (Lipinski definition) is 4. The first-order valence-corrected chi connectivity index (χ1v) is 9.77. The molecule has 1 aliphatic rings. The van der Waals surface area contributed by atoms with Gasteiger partial charge in [-0.2, -0.15) is 0 Å². The van der Waals surface area contributed by atoms with Gasteiger partial charge in [0.25, 0.3) is 0 Å². The SMILES string of the molecule is Cc1cc(CN(C)C(=O)NC[C@H]2CCCN(CCc3ccccc3)C2)on1. The first-order chi connectivity index (χ1) is 13.1. The van der Waals surface area contributed by atoms with Gasteiger partial charge < -0.3 is 19.6 Å². The van der Waals surface area contributed by atoms with Crippen molar-refractivity contribution in [1.82, 2.24) is 20.3 Å². The summed E-state index contributed by atoms with van der Waals surface area (Å²) in [6, 6.07) is 12.4. The van der Waals surface area contributed by atoms with E-state index in [-0.39, 0.29) is 6.03 Å². The molecule has 2 amide bonds. The van der Waals surface area contributed by atoms with Crippen molar-refractivity contribution in [2.24, 2.45) is 5.92 Å². The fourth-order valence-corrected chi connectivity index (χ4v) is 3.62. The topological polar surface area (TPSA) is 61.6 Å². The number of nitrogens with zero attached hydrogens (tertiary/aromatic N) is 3. The van der Waals surface area contributed by atoms with Gasteiger partial charge in [-0.3, -0.25) is 0 Å². The molecule has 0 radical (unpaired) electrons. The van der Waals surface area contributed by atoms with E-state index in [0.29, 0.717) is 18.2 Å². The van der Waals surface area contributed by atoms with Crippen molar-refractivity contribution in [2.45, 2.75) is 32.7 Å². The van der Waals surface area contributed by atoms with Crippen molar-refractivity contribution in [1.29, 1.82) is 0 Å². The highest BCUT2D eigenvalue weighted by Gasteiger charge is 2.21. The Morgan fingerprint density at radius 1 is 1.37 bits per heavy atom. The monoisotopic (exact) mass is 370 g/mol. The second-order valence-corrected chi connectivity index (χ2v) is 7.52. The molecule has 0 saturated carbocycles. The molecule has 1 saturated heterocycles. The first kappa shape index (κ1) is 19.4. The van der Waals surface area contributed by atoms with E-state index >= 15 is 0 Å². The summed E-state index contributed by atoms with van der Waals surface area (Å²) < 4.78 is 5.18. The van der Waals surface area contributed by atoms with Crippen LogP contribution in [0.4, 0.5) is 4.79 Å². The number of amides is 2. The Hall–Kier alpha value is -2.34. The summed E-state index contributed by atoms with van der Waals surface area (Å²) in [5, 5.41) is 6.93. The molecule has 1 atom stereocenters. The van der Waals surface area contributed by atoms with Gasteiger partial charge in [-0.15, -0.1) is 0 Å². The average Bonchev–Trinajstić information content (AvgIpc) is 3.10. The van der Waals surface area contributed by atoms with Gasteiger partial charge in [0, 0.05) is 32.7 Å². The lowest BCUT2D eigenvalue weighted by Gasteiger charge is -2.33. The van der Waals surface area contributed by atoms with Crippen molar-refractivity contribution in [3.8, 4) is 0 Å². The van der Waals surface area contributed by atoms with E-state index in [4.69, 9.17) is 4.52 Å². The molecule has 1 aromatic heterocycles. The van der Waals surface area contributed by atoms with Crippen molar-refractivity contribution in [2.75, 3.05) is 33.2 Å². The van der Waals surface area contributed by atoms with Crippen LogP contribution in [0.3, 0.4) is 0 Å². The third-order valence-corrected chi connectivity index (χ3v) is 5.12. The largest absolute Gasteiger partial charge is 0.359 e. The Morgan fingerprint density at radius 2 is 2.19 bits per heavy atom. The molecule has 0 aliphatic carbocycles. The van der Waals surface area contributed by atoms with E-state index in [0.717, 1.165) is 38.3 Å². The number of carbonyl (C=O) groups is 1. The normalized spacial score (nSPS) is 17.6. The molecule has 27 heavy (non-hydrogen) atoms. The number of likely N-dealkylation sites (tertiary alicyclic amines) is 1. The molecule has 146 valence electrons. The Morgan fingerprint density at radius 3 is 2.93 bits per heavy atom. The molecular formula is C21H30N4O2. The molecule has 1 fully saturated rings. The summed E-state index contributed by atoms with van der Waals surface area (Å²) in [5.74, 6) is 1.22. The standard InChI is InChI=1S/C21H30N4O2/c1-17-13-20(27-23-17)16-24(2)21(26)22-14-19-9-6-11-25(15-19)12-10-18-7-4-3-5-8-18/h3-5,7-8,13,19H,6,9-12,14-16H2,1-2H3,(H,22,26)/t19-/m1/s1. The summed E-state index contributed by atoms with van der Waals surface area (Å²) in [7, 11) is 1.78. The Balaban J connectivity index is 1.38. The van der Waals surface area contributed by atoms with Crippen LogP contribution < -0.4 is 5.32 Å². The van der Waals surface area contributed by atoms with Gasteiger partial charge in [0.1, 0.15) is 0 Å². The molecule has 1 aromatic carbocycles. The fraction of sp³-hybridized carbons (Fsp3) is 0.524. The Bertz CT molecular complexity index is 716. The zero-order chi connectivity index (χ0) is 19.1. The van der Waals surface area contributed by atoms with Gasteiger partial charge in [0.15, 0.2) is 5.76 Å². The maximum absolute atomic E-state index is 12.3. The highest BCUT2D eigenvalue weighted by atomic mass is 16.5. The number of rotatable bonds is 7. The summed E-state index contributed by atoms with van der Waals surface area (Å²) in [6.45, 7) is 6.32. The van der Waals surface area contributed by atoms with Crippen LogP contribution in [0.15, 0.2) is 40.9 Å². The van der Waals surface area contributed by atoms with E-state index in [1.807, 2.05) is 13.0 Å². The van der Waals surface area contributed by atoms with E-state index in [2.05, 4.69) is 45.7 Å². The minimum atomic E-state index is -0.0644. The smallest absolute Gasteiger partial charge is 0.317 e. The zero-order valence-corrected chi connectivity index (χ0v) is 16.4. The maximum Gasteiger partial charge on any atom is 0.317 e. The Labute approximate surface area is 161 Å². The zero-order valence-electron chi connectivity index (χ0n) is 16.4. The van der Waals surface area contributed by atoms with E-state index in [9.17, 15) is 4.79 Å². The molecule has 1 aliphatic heterocycles. The van der Waals surface area contributed by atoms with Gasteiger partial charge in [-0.1, -0.05) is 35.5 Å². The molecule has 3 rings (SSSR count). The van der Waals surface area contributed by atoms with E-state index < -0.39 is 0 Å². The van der Waals surface area contributed by atoms with E-state index in [1.54, 1.807) is 11.9 Å². The molecule has 0 unspecified atom stereocenters. The summed E-state index contributed by atoms with van der Waals surface area (Å²) in [4.78, 5) is 16.5. The number of benzene rings is 1. The van der Waals surface area contributed by atoms with Crippen LogP contribution in [-0.2, 0) is 13.0 Å². The number of carbonyl (C=O) groups excluding carboxylic acids is 1. The second-order valence-electron chi connectivity index (χ2n) is 7.52. The minimum absolute atomic E-state index is 0.0644. The lowest BCUT2D eigenvalue weighted by atomic mass is 9.97. The van der Waals surface area contributed by atoms with Gasteiger partial charge in [0.05, 0.1) is 12.2 Å². The third kappa shape index (κ3) is 6.10. The quantitative estimate of drug-likeness (QED) is 0.814. The van der Waals surface area contributed by atoms with Crippen LogP contribution in [-0.4, -0.2) is 54.2 Å². The van der Waals surface area contributed by atoms with Gasteiger partial charge in [-0.05, 0) is 44.2 Å². The number of aromatic nitrogens is 1. The predicted octanol–water partition coefficient (Wildman–Crippen LogP) is 3.08. The third-order valence-electron chi connectivity index (χ3n) is 5.12. The van der Waals surface area contributed by atoms with Crippen molar-refractivity contribution in [3.63, 3.8) is 0 Å². The summed E-state index contributed by atoms with van der Waals surface area (Å²) in [6.07, 6.45) is 3.45. The molecule has 0 spiro atoms.